The minimum atomic E-state index is -3.55. The SMILES string of the molecule is Cc1nccn1CCC(=O)N[C@H]1CCc2ccc(S(=O)(=O)N3CCOCC3)cc21. The molecule has 8 nitrogen and oxygen atoms in total. The van der Waals surface area contributed by atoms with Gasteiger partial charge in [0.2, 0.25) is 15.9 Å². The van der Waals surface area contributed by atoms with Gasteiger partial charge in [0, 0.05) is 38.4 Å². The first kappa shape index (κ1) is 20.1. The number of morpholine rings is 1. The van der Waals surface area contributed by atoms with Crippen molar-refractivity contribution < 1.29 is 17.9 Å². The first-order chi connectivity index (χ1) is 13.9. The molecule has 2 aliphatic rings. The first-order valence-corrected chi connectivity index (χ1v) is 11.4. The van der Waals surface area contributed by atoms with E-state index in [1.165, 1.54) is 4.31 Å². The number of hydrogen-bond acceptors (Lipinski definition) is 5. The highest BCUT2D eigenvalue weighted by Crippen LogP contribution is 2.33. The summed E-state index contributed by atoms with van der Waals surface area (Å²) in [6.45, 7) is 4.04. The molecule has 4 rings (SSSR count). The minimum Gasteiger partial charge on any atom is -0.379 e. The number of aryl methyl sites for hydroxylation is 3. The van der Waals surface area contributed by atoms with Crippen LogP contribution in [0, 0.1) is 6.92 Å². The number of fused-ring (bicyclic) bond motifs is 1. The van der Waals surface area contributed by atoms with E-state index in [9.17, 15) is 13.2 Å². The second kappa shape index (κ2) is 8.25. The van der Waals surface area contributed by atoms with Gasteiger partial charge >= 0.3 is 0 Å². The van der Waals surface area contributed by atoms with Gasteiger partial charge in [0.1, 0.15) is 5.82 Å². The number of rotatable bonds is 6. The van der Waals surface area contributed by atoms with Gasteiger partial charge in [0.25, 0.3) is 0 Å². The molecule has 1 aliphatic heterocycles. The monoisotopic (exact) mass is 418 g/mol. The molecule has 1 aromatic heterocycles. The number of sulfonamides is 1. The predicted octanol–water partition coefficient (Wildman–Crippen LogP) is 1.41. The van der Waals surface area contributed by atoms with Crippen molar-refractivity contribution in [1.82, 2.24) is 19.2 Å². The fourth-order valence-corrected chi connectivity index (χ4v) is 5.40. The van der Waals surface area contributed by atoms with Crippen LogP contribution in [0.4, 0.5) is 0 Å². The number of carbonyl (C=O) groups is 1. The number of ether oxygens (including phenoxy) is 1. The molecule has 1 atom stereocenters. The van der Waals surface area contributed by atoms with Crippen LogP contribution in [-0.2, 0) is 32.5 Å². The van der Waals surface area contributed by atoms with Gasteiger partial charge in [-0.15, -0.1) is 0 Å². The summed E-state index contributed by atoms with van der Waals surface area (Å²) in [5.41, 5.74) is 2.01. The van der Waals surface area contributed by atoms with Crippen molar-refractivity contribution in [3.8, 4) is 0 Å². The molecule has 0 saturated carbocycles. The van der Waals surface area contributed by atoms with Gasteiger partial charge in [-0.3, -0.25) is 4.79 Å². The first-order valence-electron chi connectivity index (χ1n) is 9.93. The maximum Gasteiger partial charge on any atom is 0.243 e. The van der Waals surface area contributed by atoms with Crippen LogP contribution >= 0.6 is 0 Å². The Kier molecular flexibility index (Phi) is 5.71. The number of nitrogens with zero attached hydrogens (tertiary/aromatic N) is 3. The van der Waals surface area contributed by atoms with Crippen molar-refractivity contribution in [1.29, 1.82) is 0 Å². The average Bonchev–Trinajstić information content (AvgIpc) is 3.32. The van der Waals surface area contributed by atoms with E-state index in [1.807, 2.05) is 23.8 Å². The second-order valence-corrected chi connectivity index (χ2v) is 9.39. The van der Waals surface area contributed by atoms with Crippen LogP contribution in [0.5, 0.6) is 0 Å². The standard InChI is InChI=1S/C20H26N4O4S/c1-15-21-7-9-23(15)8-6-20(25)22-19-5-3-16-2-4-17(14-18(16)19)29(26,27)24-10-12-28-13-11-24/h2,4,7,9,14,19H,3,5-6,8,10-13H2,1H3,(H,22,25)/t19-/m0/s1. The summed E-state index contributed by atoms with van der Waals surface area (Å²) in [4.78, 5) is 16.9. The van der Waals surface area contributed by atoms with Crippen LogP contribution in [0.1, 0.15) is 35.8 Å². The molecule has 156 valence electrons. The summed E-state index contributed by atoms with van der Waals surface area (Å²) in [6.07, 6.45) is 5.55. The number of imidazole rings is 1. The Morgan fingerprint density at radius 3 is 2.83 bits per heavy atom. The van der Waals surface area contributed by atoms with E-state index in [0.717, 1.165) is 29.8 Å². The molecule has 1 saturated heterocycles. The molecule has 2 aromatic rings. The van der Waals surface area contributed by atoms with Crippen LogP contribution in [-0.4, -0.2) is 54.5 Å². The molecule has 0 radical (unpaired) electrons. The maximum atomic E-state index is 13.0. The second-order valence-electron chi connectivity index (χ2n) is 7.45. The van der Waals surface area contributed by atoms with Crippen molar-refractivity contribution in [2.75, 3.05) is 26.3 Å². The van der Waals surface area contributed by atoms with Gasteiger partial charge in [0.15, 0.2) is 0 Å². The van der Waals surface area contributed by atoms with Crippen molar-refractivity contribution in [2.24, 2.45) is 0 Å². The Bertz CT molecular complexity index is 996. The number of carbonyl (C=O) groups excluding carboxylic acids is 1. The number of nitrogens with one attached hydrogen (secondary N) is 1. The number of aromatic nitrogens is 2. The van der Waals surface area contributed by atoms with Crippen molar-refractivity contribution in [2.45, 2.75) is 43.7 Å². The van der Waals surface area contributed by atoms with Gasteiger partial charge in [-0.1, -0.05) is 6.07 Å². The number of hydrogen-bond donors (Lipinski definition) is 1. The van der Waals surface area contributed by atoms with E-state index in [4.69, 9.17) is 4.74 Å². The third-order valence-electron chi connectivity index (χ3n) is 5.64. The Balaban J connectivity index is 1.45. The summed E-state index contributed by atoms with van der Waals surface area (Å²) >= 11 is 0. The van der Waals surface area contributed by atoms with E-state index in [1.54, 1.807) is 18.3 Å². The van der Waals surface area contributed by atoms with Gasteiger partial charge in [0.05, 0.1) is 24.2 Å². The van der Waals surface area contributed by atoms with Crippen LogP contribution in [0.15, 0.2) is 35.5 Å². The third-order valence-corrected chi connectivity index (χ3v) is 7.54. The molecule has 2 heterocycles. The van der Waals surface area contributed by atoms with Crippen LogP contribution in [0.3, 0.4) is 0 Å². The summed E-state index contributed by atoms with van der Waals surface area (Å²) < 4.78 is 34.6. The molecule has 0 bridgehead atoms. The fourth-order valence-electron chi connectivity index (χ4n) is 3.96. The van der Waals surface area contributed by atoms with E-state index >= 15 is 0 Å². The van der Waals surface area contributed by atoms with E-state index in [0.29, 0.717) is 39.3 Å². The Morgan fingerprint density at radius 1 is 1.31 bits per heavy atom. The van der Waals surface area contributed by atoms with Crippen LogP contribution in [0.2, 0.25) is 0 Å². The van der Waals surface area contributed by atoms with Gasteiger partial charge < -0.3 is 14.6 Å². The molecule has 1 N–H and O–H groups in total. The van der Waals surface area contributed by atoms with E-state index in [-0.39, 0.29) is 16.8 Å². The molecular formula is C20H26N4O4S. The van der Waals surface area contributed by atoms with Crippen LogP contribution in [0.25, 0.3) is 0 Å². The largest absolute Gasteiger partial charge is 0.379 e. The molecule has 0 spiro atoms. The number of amides is 1. The molecule has 29 heavy (non-hydrogen) atoms. The smallest absolute Gasteiger partial charge is 0.243 e. The van der Waals surface area contributed by atoms with Crippen molar-refractivity contribution >= 4 is 15.9 Å². The maximum absolute atomic E-state index is 13.0. The summed E-state index contributed by atoms with van der Waals surface area (Å²) in [5.74, 6) is 0.833. The molecule has 1 aliphatic carbocycles. The highest BCUT2D eigenvalue weighted by molar-refractivity contribution is 7.89. The lowest BCUT2D eigenvalue weighted by atomic mass is 10.1. The Hall–Kier alpha value is -2.23. The zero-order chi connectivity index (χ0) is 20.4. The molecule has 1 amide bonds. The highest BCUT2D eigenvalue weighted by Gasteiger charge is 2.30. The lowest BCUT2D eigenvalue weighted by molar-refractivity contribution is -0.122. The molecule has 1 aromatic carbocycles. The molecule has 1 fully saturated rings. The summed E-state index contributed by atoms with van der Waals surface area (Å²) in [7, 11) is -3.55. The Morgan fingerprint density at radius 2 is 2.10 bits per heavy atom. The zero-order valence-electron chi connectivity index (χ0n) is 16.5. The van der Waals surface area contributed by atoms with Crippen LogP contribution < -0.4 is 5.32 Å². The lowest BCUT2D eigenvalue weighted by Crippen LogP contribution is -2.40. The predicted molar refractivity (Wildman–Crippen MR) is 107 cm³/mol. The minimum absolute atomic E-state index is 0.0441. The summed E-state index contributed by atoms with van der Waals surface area (Å²) in [5, 5.41) is 3.07. The van der Waals surface area contributed by atoms with Crippen molar-refractivity contribution in [3.05, 3.63) is 47.5 Å². The fraction of sp³-hybridized carbons (Fsp3) is 0.500. The van der Waals surface area contributed by atoms with Gasteiger partial charge in [-0.2, -0.15) is 4.31 Å². The van der Waals surface area contributed by atoms with Gasteiger partial charge in [-0.25, -0.2) is 13.4 Å². The topological polar surface area (TPSA) is 93.5 Å². The zero-order valence-corrected chi connectivity index (χ0v) is 17.3. The number of benzene rings is 1. The van der Waals surface area contributed by atoms with Crippen molar-refractivity contribution in [3.63, 3.8) is 0 Å². The van der Waals surface area contributed by atoms with Gasteiger partial charge in [-0.05, 0) is 43.0 Å². The third kappa shape index (κ3) is 4.22. The average molecular weight is 419 g/mol. The summed E-state index contributed by atoms with van der Waals surface area (Å²) in [6, 6.07) is 5.14. The van der Waals surface area contributed by atoms with E-state index < -0.39 is 10.0 Å². The molecular weight excluding hydrogens is 392 g/mol. The Labute approximate surface area is 170 Å². The normalized spacial score (nSPS) is 19.8. The quantitative estimate of drug-likeness (QED) is 0.766. The lowest BCUT2D eigenvalue weighted by Gasteiger charge is -2.26. The molecule has 9 heteroatoms. The van der Waals surface area contributed by atoms with E-state index in [2.05, 4.69) is 10.3 Å². The highest BCUT2D eigenvalue weighted by atomic mass is 32.2. The molecule has 0 unspecified atom stereocenters.